The average Bonchev–Trinajstić information content (AvgIpc) is 3.26. The molecule has 4 aromatic rings. The van der Waals surface area contributed by atoms with Gasteiger partial charge in [-0.15, -0.1) is 11.3 Å². The molecule has 2 heterocycles. The molecule has 0 saturated heterocycles. The van der Waals surface area contributed by atoms with Crippen LogP contribution in [0.4, 0.5) is 10.8 Å². The molecule has 0 unspecified atom stereocenters. The van der Waals surface area contributed by atoms with Crippen LogP contribution in [0, 0.1) is 0 Å². The topological polar surface area (TPSA) is 66.7 Å². The van der Waals surface area contributed by atoms with Crippen molar-refractivity contribution in [2.75, 3.05) is 17.6 Å². The number of aryl methyl sites for hydroxylation is 2. The van der Waals surface area contributed by atoms with Crippen molar-refractivity contribution >= 4 is 33.1 Å². The van der Waals surface area contributed by atoms with Gasteiger partial charge in [0.25, 0.3) is 0 Å². The van der Waals surface area contributed by atoms with E-state index in [-0.39, 0.29) is 0 Å². The third-order valence-electron chi connectivity index (χ3n) is 5.05. The number of aromatic amines is 1. The highest BCUT2D eigenvalue weighted by Gasteiger charge is 2.20. The van der Waals surface area contributed by atoms with E-state index in [1.165, 1.54) is 32.5 Å². The van der Waals surface area contributed by atoms with Crippen LogP contribution < -0.4 is 11.1 Å². The summed E-state index contributed by atoms with van der Waals surface area (Å²) >= 11 is 1.78. The number of anilines is 2. The number of nitrogens with zero attached hydrogens (tertiary/aromatic N) is 1. The monoisotopic (exact) mass is 360 g/mol. The second kappa shape index (κ2) is 6.18. The molecule has 0 saturated carbocycles. The number of fused-ring (bicyclic) bond motifs is 4. The first-order valence-electron chi connectivity index (χ1n) is 8.95. The predicted molar refractivity (Wildman–Crippen MR) is 110 cm³/mol. The number of para-hydroxylation sites is 1. The summed E-state index contributed by atoms with van der Waals surface area (Å²) in [4.78, 5) is 9.57. The van der Waals surface area contributed by atoms with Crippen molar-refractivity contribution in [1.29, 1.82) is 0 Å². The number of nitrogens with two attached hydrogens (primary N) is 1. The van der Waals surface area contributed by atoms with E-state index in [4.69, 9.17) is 10.7 Å². The first-order valence-corrected chi connectivity index (χ1v) is 9.77. The Morgan fingerprint density at radius 3 is 3.04 bits per heavy atom. The van der Waals surface area contributed by atoms with Gasteiger partial charge in [-0.3, -0.25) is 0 Å². The van der Waals surface area contributed by atoms with Gasteiger partial charge in [0.15, 0.2) is 5.13 Å². The van der Waals surface area contributed by atoms with Gasteiger partial charge in [-0.1, -0.05) is 24.3 Å². The first-order chi connectivity index (χ1) is 12.8. The average molecular weight is 360 g/mol. The molecule has 4 N–H and O–H groups in total. The summed E-state index contributed by atoms with van der Waals surface area (Å²) in [6.45, 7) is 0.878. The number of hydrogen-bond donors (Lipinski definition) is 3. The Bertz CT molecular complexity index is 1090. The highest BCUT2D eigenvalue weighted by Crippen LogP contribution is 2.38. The number of hydrogen-bond acceptors (Lipinski definition) is 4. The van der Waals surface area contributed by atoms with Crippen LogP contribution in [0.5, 0.6) is 0 Å². The predicted octanol–water partition coefficient (Wildman–Crippen LogP) is 4.63. The lowest BCUT2D eigenvalue weighted by Gasteiger charge is -2.14. The Morgan fingerprint density at radius 1 is 1.15 bits per heavy atom. The zero-order chi connectivity index (χ0) is 17.5. The first kappa shape index (κ1) is 15.5. The van der Waals surface area contributed by atoms with E-state index in [2.05, 4.69) is 52.9 Å². The summed E-state index contributed by atoms with van der Waals surface area (Å²) in [5.41, 5.74) is 13.0. The van der Waals surface area contributed by atoms with Crippen LogP contribution in [0.3, 0.4) is 0 Å². The molecule has 2 aromatic carbocycles. The van der Waals surface area contributed by atoms with Crippen LogP contribution in [-0.2, 0) is 19.3 Å². The van der Waals surface area contributed by atoms with Gasteiger partial charge in [0.2, 0.25) is 0 Å². The van der Waals surface area contributed by atoms with Gasteiger partial charge in [0.05, 0.1) is 5.69 Å². The van der Waals surface area contributed by atoms with Gasteiger partial charge in [0, 0.05) is 39.8 Å². The standard InChI is InChI=1S/C21H20N4S/c22-15-6-7-17-13(11-15)5-8-19-20(17)25-21(26-19)23-10-9-14-12-24-18-4-2-1-3-16(14)18/h1-4,6-7,11-12,24H,5,8-10,22H2,(H,23,25). The van der Waals surface area contributed by atoms with Crippen molar-refractivity contribution in [3.8, 4) is 11.3 Å². The zero-order valence-electron chi connectivity index (χ0n) is 14.4. The van der Waals surface area contributed by atoms with Crippen molar-refractivity contribution in [2.45, 2.75) is 19.3 Å². The van der Waals surface area contributed by atoms with Crippen LogP contribution in [-0.4, -0.2) is 16.5 Å². The van der Waals surface area contributed by atoms with Crippen molar-refractivity contribution in [3.63, 3.8) is 0 Å². The van der Waals surface area contributed by atoms with E-state index in [0.29, 0.717) is 0 Å². The lowest BCUT2D eigenvalue weighted by atomic mass is 9.93. The molecule has 0 aliphatic heterocycles. The number of rotatable bonds is 4. The number of benzene rings is 2. The van der Waals surface area contributed by atoms with Crippen molar-refractivity contribution in [3.05, 3.63) is 64.7 Å². The second-order valence-corrected chi connectivity index (χ2v) is 7.83. The minimum Gasteiger partial charge on any atom is -0.399 e. The number of nitrogens with one attached hydrogen (secondary N) is 2. The fourth-order valence-corrected chi connectivity index (χ4v) is 4.75. The van der Waals surface area contributed by atoms with E-state index in [0.717, 1.165) is 42.3 Å². The fourth-order valence-electron chi connectivity index (χ4n) is 3.75. The molecule has 0 atom stereocenters. The molecule has 0 bridgehead atoms. The highest BCUT2D eigenvalue weighted by atomic mass is 32.1. The molecule has 130 valence electrons. The number of thiazole rings is 1. The maximum Gasteiger partial charge on any atom is 0.183 e. The molecule has 0 spiro atoms. The molecular weight excluding hydrogens is 340 g/mol. The number of nitrogen functional groups attached to an aromatic ring is 1. The maximum absolute atomic E-state index is 5.93. The third kappa shape index (κ3) is 2.65. The number of aromatic nitrogens is 2. The molecule has 5 rings (SSSR count). The highest BCUT2D eigenvalue weighted by molar-refractivity contribution is 7.16. The lowest BCUT2D eigenvalue weighted by Crippen LogP contribution is -2.04. The van der Waals surface area contributed by atoms with Crippen LogP contribution in [0.25, 0.3) is 22.2 Å². The molecular formula is C21H20N4S. The van der Waals surface area contributed by atoms with Crippen LogP contribution >= 0.6 is 11.3 Å². The van der Waals surface area contributed by atoms with Gasteiger partial charge in [-0.05, 0) is 48.6 Å². The molecule has 1 aliphatic carbocycles. The Morgan fingerprint density at radius 2 is 2.08 bits per heavy atom. The Labute approximate surface area is 156 Å². The summed E-state index contributed by atoms with van der Waals surface area (Å²) in [5.74, 6) is 0. The summed E-state index contributed by atoms with van der Waals surface area (Å²) in [5, 5.41) is 5.83. The van der Waals surface area contributed by atoms with Gasteiger partial charge in [-0.2, -0.15) is 0 Å². The van der Waals surface area contributed by atoms with E-state index in [1.807, 2.05) is 6.07 Å². The summed E-state index contributed by atoms with van der Waals surface area (Å²) in [6, 6.07) is 14.6. The van der Waals surface area contributed by atoms with E-state index < -0.39 is 0 Å². The normalized spacial score (nSPS) is 12.8. The van der Waals surface area contributed by atoms with E-state index in [9.17, 15) is 0 Å². The van der Waals surface area contributed by atoms with Crippen LogP contribution in [0.2, 0.25) is 0 Å². The van der Waals surface area contributed by atoms with Crippen LogP contribution in [0.1, 0.15) is 16.0 Å². The Hall–Kier alpha value is -2.79. The minimum absolute atomic E-state index is 0.833. The molecule has 2 aromatic heterocycles. The molecule has 26 heavy (non-hydrogen) atoms. The summed E-state index contributed by atoms with van der Waals surface area (Å²) < 4.78 is 0. The molecule has 0 radical (unpaired) electrons. The molecule has 4 nitrogen and oxygen atoms in total. The van der Waals surface area contributed by atoms with Crippen molar-refractivity contribution in [2.24, 2.45) is 0 Å². The third-order valence-corrected chi connectivity index (χ3v) is 6.12. The Balaban J connectivity index is 1.33. The molecule has 1 aliphatic rings. The smallest absolute Gasteiger partial charge is 0.183 e. The lowest BCUT2D eigenvalue weighted by molar-refractivity contribution is 0.955. The van der Waals surface area contributed by atoms with Crippen molar-refractivity contribution < 1.29 is 0 Å². The SMILES string of the molecule is Nc1ccc2c(c1)CCc1sc(NCCc3c[nH]c4ccccc34)nc1-2. The van der Waals surface area contributed by atoms with E-state index in [1.54, 1.807) is 11.3 Å². The Kier molecular flexibility index (Phi) is 3.68. The molecule has 0 fully saturated rings. The number of H-pyrrole nitrogens is 1. The summed E-state index contributed by atoms with van der Waals surface area (Å²) in [7, 11) is 0. The molecule has 0 amide bonds. The zero-order valence-corrected chi connectivity index (χ0v) is 15.2. The molecule has 5 heteroatoms. The largest absolute Gasteiger partial charge is 0.399 e. The summed E-state index contributed by atoms with van der Waals surface area (Å²) in [6.07, 6.45) is 5.18. The van der Waals surface area contributed by atoms with Gasteiger partial charge < -0.3 is 16.0 Å². The maximum atomic E-state index is 5.93. The minimum atomic E-state index is 0.833. The van der Waals surface area contributed by atoms with E-state index >= 15 is 0 Å². The fraction of sp³-hybridized carbons (Fsp3) is 0.190. The van der Waals surface area contributed by atoms with Crippen LogP contribution in [0.15, 0.2) is 48.7 Å². The second-order valence-electron chi connectivity index (χ2n) is 6.74. The van der Waals surface area contributed by atoms with Gasteiger partial charge >= 0.3 is 0 Å². The van der Waals surface area contributed by atoms with Crippen molar-refractivity contribution in [1.82, 2.24) is 9.97 Å². The van der Waals surface area contributed by atoms with Gasteiger partial charge in [0.1, 0.15) is 0 Å². The van der Waals surface area contributed by atoms with Gasteiger partial charge in [-0.25, -0.2) is 4.98 Å². The quantitative estimate of drug-likeness (QED) is 0.465.